The Balaban J connectivity index is 1.68. The van der Waals surface area contributed by atoms with Gasteiger partial charge >= 0.3 is 0 Å². The van der Waals surface area contributed by atoms with E-state index in [1.54, 1.807) is 22.7 Å². The predicted molar refractivity (Wildman–Crippen MR) is 104 cm³/mol. The molecule has 1 aromatic heterocycles. The zero-order valence-electron chi connectivity index (χ0n) is 15.8. The summed E-state index contributed by atoms with van der Waals surface area (Å²) in [5.41, 5.74) is 2.30. The van der Waals surface area contributed by atoms with Crippen molar-refractivity contribution < 1.29 is 9.90 Å². The molecular weight excluding hydrogens is 340 g/mol. The smallest absolute Gasteiger partial charge is 0.253 e. The Morgan fingerprint density at radius 1 is 1.19 bits per heavy atom. The van der Waals surface area contributed by atoms with Gasteiger partial charge in [-0.25, -0.2) is 9.67 Å². The number of aromatic nitrogens is 3. The van der Waals surface area contributed by atoms with Gasteiger partial charge in [-0.15, -0.1) is 0 Å². The summed E-state index contributed by atoms with van der Waals surface area (Å²) in [6.07, 6.45) is -0.108. The Hall–Kier alpha value is -2.99. The normalized spacial score (nSPS) is 12.0. The Morgan fingerprint density at radius 2 is 1.93 bits per heavy atom. The van der Waals surface area contributed by atoms with Crippen molar-refractivity contribution in [3.05, 3.63) is 71.5 Å². The van der Waals surface area contributed by atoms with Gasteiger partial charge in [0, 0.05) is 31.8 Å². The van der Waals surface area contributed by atoms with Gasteiger partial charge < -0.3 is 10.0 Å². The lowest BCUT2D eigenvalue weighted by atomic mass is 10.1. The molecule has 1 heterocycles. The monoisotopic (exact) mass is 364 g/mol. The molecule has 0 fully saturated rings. The minimum Gasteiger partial charge on any atom is -0.388 e. The van der Waals surface area contributed by atoms with E-state index in [0.717, 1.165) is 17.0 Å². The molecule has 3 rings (SSSR count). The molecular formula is C21H24N4O2. The van der Waals surface area contributed by atoms with E-state index in [1.807, 2.05) is 62.5 Å². The van der Waals surface area contributed by atoms with Crippen LogP contribution in [0.15, 0.2) is 54.6 Å². The molecule has 0 radical (unpaired) electrons. The summed E-state index contributed by atoms with van der Waals surface area (Å²) in [5, 5.41) is 14.5. The Morgan fingerprint density at radius 3 is 2.59 bits per heavy atom. The summed E-state index contributed by atoms with van der Waals surface area (Å²) in [7, 11) is 3.58. The number of carbonyl (C=O) groups excluding carboxylic acids is 1. The van der Waals surface area contributed by atoms with Crippen molar-refractivity contribution in [2.45, 2.75) is 19.4 Å². The van der Waals surface area contributed by atoms with Crippen molar-refractivity contribution >= 4 is 5.91 Å². The highest BCUT2D eigenvalue weighted by atomic mass is 16.3. The van der Waals surface area contributed by atoms with Crippen molar-refractivity contribution in [1.82, 2.24) is 19.7 Å². The van der Waals surface area contributed by atoms with Gasteiger partial charge in [0.05, 0.1) is 6.10 Å². The summed E-state index contributed by atoms with van der Waals surface area (Å²) in [4.78, 5) is 18.8. The fourth-order valence-corrected chi connectivity index (χ4v) is 3.03. The molecule has 0 saturated carbocycles. The van der Waals surface area contributed by atoms with Crippen LogP contribution in [-0.2, 0) is 7.05 Å². The second-order valence-electron chi connectivity index (χ2n) is 6.63. The Kier molecular flexibility index (Phi) is 5.66. The van der Waals surface area contributed by atoms with Crippen molar-refractivity contribution in [3.8, 4) is 11.4 Å². The van der Waals surface area contributed by atoms with Gasteiger partial charge in [0.25, 0.3) is 5.91 Å². The second-order valence-corrected chi connectivity index (χ2v) is 6.63. The molecule has 1 amide bonds. The van der Waals surface area contributed by atoms with Gasteiger partial charge in [-0.2, -0.15) is 5.10 Å². The predicted octanol–water partition coefficient (Wildman–Crippen LogP) is 2.99. The summed E-state index contributed by atoms with van der Waals surface area (Å²) >= 11 is 0. The molecule has 0 spiro atoms. The van der Waals surface area contributed by atoms with E-state index >= 15 is 0 Å². The van der Waals surface area contributed by atoms with Gasteiger partial charge in [0.2, 0.25) is 0 Å². The van der Waals surface area contributed by atoms with Crippen LogP contribution in [0.5, 0.6) is 0 Å². The van der Waals surface area contributed by atoms with Crippen LogP contribution in [0.2, 0.25) is 0 Å². The zero-order valence-corrected chi connectivity index (χ0v) is 15.8. The number of hydrogen-bond acceptors (Lipinski definition) is 4. The number of nitrogens with zero attached hydrogens (tertiary/aromatic N) is 4. The lowest BCUT2D eigenvalue weighted by molar-refractivity contribution is 0.0761. The standard InChI is InChI=1S/C21H24N4O2/c1-15-22-20(25(3)23-15)17-10-7-11-18(14-17)21(27)24(2)13-12-19(26)16-8-5-4-6-9-16/h4-11,14,19,26H,12-13H2,1-3H3. The SMILES string of the molecule is Cc1nc(-c2cccc(C(=O)N(C)CCC(O)c3ccccc3)c2)n(C)n1. The molecule has 0 aliphatic carbocycles. The zero-order chi connectivity index (χ0) is 19.4. The first kappa shape index (κ1) is 18.8. The van der Waals surface area contributed by atoms with Crippen LogP contribution in [-0.4, -0.2) is 44.3 Å². The van der Waals surface area contributed by atoms with E-state index in [1.165, 1.54) is 0 Å². The quantitative estimate of drug-likeness (QED) is 0.730. The number of hydrogen-bond donors (Lipinski definition) is 1. The molecule has 1 unspecified atom stereocenters. The highest BCUT2D eigenvalue weighted by Gasteiger charge is 2.16. The highest BCUT2D eigenvalue weighted by Crippen LogP contribution is 2.20. The third kappa shape index (κ3) is 4.41. The first-order chi connectivity index (χ1) is 13.0. The fraction of sp³-hybridized carbons (Fsp3) is 0.286. The average molecular weight is 364 g/mol. The number of rotatable bonds is 6. The molecule has 0 aliphatic heterocycles. The number of aliphatic hydroxyl groups is 1. The number of aryl methyl sites for hydroxylation is 2. The van der Waals surface area contributed by atoms with E-state index in [9.17, 15) is 9.90 Å². The topological polar surface area (TPSA) is 71.2 Å². The van der Waals surface area contributed by atoms with E-state index < -0.39 is 6.10 Å². The molecule has 0 saturated heterocycles. The van der Waals surface area contributed by atoms with Gasteiger partial charge in [-0.3, -0.25) is 4.79 Å². The van der Waals surface area contributed by atoms with Gasteiger partial charge in [0.15, 0.2) is 5.82 Å². The van der Waals surface area contributed by atoms with Crippen molar-refractivity contribution in [2.24, 2.45) is 7.05 Å². The van der Waals surface area contributed by atoms with Crippen LogP contribution in [0.1, 0.15) is 34.3 Å². The number of aliphatic hydroxyl groups excluding tert-OH is 1. The Labute approximate surface area is 159 Å². The molecule has 1 atom stereocenters. The van der Waals surface area contributed by atoms with Gasteiger partial charge in [-0.05, 0) is 31.0 Å². The first-order valence-corrected chi connectivity index (χ1v) is 8.92. The fourth-order valence-electron chi connectivity index (χ4n) is 3.03. The summed E-state index contributed by atoms with van der Waals surface area (Å²) in [6, 6.07) is 16.9. The van der Waals surface area contributed by atoms with E-state index in [0.29, 0.717) is 24.4 Å². The van der Waals surface area contributed by atoms with Crippen LogP contribution < -0.4 is 0 Å². The second kappa shape index (κ2) is 8.14. The summed E-state index contributed by atoms with van der Waals surface area (Å²) in [6.45, 7) is 2.30. The molecule has 2 aromatic carbocycles. The molecule has 6 nitrogen and oxygen atoms in total. The van der Waals surface area contributed by atoms with Gasteiger partial charge in [-0.1, -0.05) is 42.5 Å². The average Bonchev–Trinajstić information content (AvgIpc) is 3.04. The Bertz CT molecular complexity index is 921. The molecule has 1 N–H and O–H groups in total. The molecule has 3 aromatic rings. The van der Waals surface area contributed by atoms with Crippen LogP contribution in [0.3, 0.4) is 0 Å². The molecule has 27 heavy (non-hydrogen) atoms. The highest BCUT2D eigenvalue weighted by molar-refractivity contribution is 5.95. The van der Waals surface area contributed by atoms with E-state index in [-0.39, 0.29) is 5.91 Å². The van der Waals surface area contributed by atoms with Crippen LogP contribution in [0, 0.1) is 6.92 Å². The molecule has 6 heteroatoms. The molecule has 140 valence electrons. The van der Waals surface area contributed by atoms with Crippen LogP contribution in [0.25, 0.3) is 11.4 Å². The van der Waals surface area contributed by atoms with Crippen LogP contribution in [0.4, 0.5) is 0 Å². The third-order valence-electron chi connectivity index (χ3n) is 4.51. The lowest BCUT2D eigenvalue weighted by Crippen LogP contribution is -2.28. The van der Waals surface area contributed by atoms with E-state index in [2.05, 4.69) is 10.1 Å². The minimum absolute atomic E-state index is 0.0870. The van der Waals surface area contributed by atoms with Gasteiger partial charge in [0.1, 0.15) is 5.82 Å². The maximum Gasteiger partial charge on any atom is 0.253 e. The molecule has 0 aliphatic rings. The number of carbonyl (C=O) groups is 1. The number of benzene rings is 2. The maximum absolute atomic E-state index is 12.8. The minimum atomic E-state index is -0.589. The maximum atomic E-state index is 12.8. The van der Waals surface area contributed by atoms with E-state index in [4.69, 9.17) is 0 Å². The van der Waals surface area contributed by atoms with Crippen molar-refractivity contribution in [3.63, 3.8) is 0 Å². The largest absolute Gasteiger partial charge is 0.388 e. The molecule has 0 bridgehead atoms. The van der Waals surface area contributed by atoms with Crippen molar-refractivity contribution in [2.75, 3.05) is 13.6 Å². The summed E-state index contributed by atoms with van der Waals surface area (Å²) in [5.74, 6) is 1.33. The van der Waals surface area contributed by atoms with Crippen molar-refractivity contribution in [1.29, 1.82) is 0 Å². The third-order valence-corrected chi connectivity index (χ3v) is 4.51. The number of amides is 1. The first-order valence-electron chi connectivity index (χ1n) is 8.92. The van der Waals surface area contributed by atoms with Crippen LogP contribution >= 0.6 is 0 Å². The lowest BCUT2D eigenvalue weighted by Gasteiger charge is -2.20. The summed E-state index contributed by atoms with van der Waals surface area (Å²) < 4.78 is 1.71.